The minimum absolute atomic E-state index is 0.0481. The van der Waals surface area contributed by atoms with E-state index in [0.717, 1.165) is 12.5 Å². The number of hydrogen-bond donors (Lipinski definition) is 1. The van der Waals surface area contributed by atoms with Gasteiger partial charge in [-0.05, 0) is 18.2 Å². The number of rotatable bonds is 5. The molecule has 0 fully saturated rings. The van der Waals surface area contributed by atoms with Crippen LogP contribution in [0.3, 0.4) is 0 Å². The fraction of sp³-hybridized carbons (Fsp3) is 0.588. The molecule has 0 saturated carbocycles. The Kier molecular flexibility index (Phi) is 6.62. The molecule has 1 aliphatic rings. The summed E-state index contributed by atoms with van der Waals surface area (Å²) >= 11 is 0. The lowest BCUT2D eigenvalue weighted by Crippen LogP contribution is -2.43. The maximum absolute atomic E-state index is 12.5. The Bertz CT molecular complexity index is 946. The Balaban J connectivity index is 2.42. The smallest absolute Gasteiger partial charge is 0.229 e. The van der Waals surface area contributed by atoms with Gasteiger partial charge in [0.25, 0.3) is 0 Å². The summed E-state index contributed by atoms with van der Waals surface area (Å²) in [6.45, 7) is 2.43. The maximum atomic E-state index is 12.5. The van der Waals surface area contributed by atoms with Gasteiger partial charge in [-0.2, -0.15) is 0 Å². The highest BCUT2D eigenvalue weighted by atomic mass is 32.2. The molecule has 0 unspecified atom stereocenters. The van der Waals surface area contributed by atoms with Crippen LogP contribution < -0.4 is 9.46 Å². The van der Waals surface area contributed by atoms with Crippen molar-refractivity contribution in [2.45, 2.75) is 19.4 Å². The quantitative estimate of drug-likeness (QED) is 0.717. The van der Waals surface area contributed by atoms with Crippen LogP contribution in [0.4, 0.5) is 5.69 Å². The van der Waals surface area contributed by atoms with Crippen LogP contribution in [-0.2, 0) is 31.3 Å². The first-order valence-corrected chi connectivity index (χ1v) is 12.4. The van der Waals surface area contributed by atoms with Crippen LogP contribution in [0.2, 0.25) is 0 Å². The normalized spacial score (nSPS) is 21.4. The highest BCUT2D eigenvalue weighted by Gasteiger charge is 2.29. The third-order valence-corrected chi connectivity index (χ3v) is 6.50. The third kappa shape index (κ3) is 6.08. The van der Waals surface area contributed by atoms with Gasteiger partial charge in [0.15, 0.2) is 0 Å². The number of fused-ring (bicyclic) bond motifs is 1. The summed E-state index contributed by atoms with van der Waals surface area (Å²) in [4.78, 5) is 14.1. The number of nitrogens with one attached hydrogen (secondary N) is 1. The Hall–Kier alpha value is -1.85. The van der Waals surface area contributed by atoms with Crippen molar-refractivity contribution >= 4 is 31.6 Å². The van der Waals surface area contributed by atoms with E-state index in [-0.39, 0.29) is 24.8 Å². The summed E-state index contributed by atoms with van der Waals surface area (Å²) in [6, 6.07) is 4.71. The van der Waals surface area contributed by atoms with Gasteiger partial charge in [0.1, 0.15) is 11.9 Å². The number of likely N-dealkylation sites (N-methyl/N-ethyl adjacent to an activating group) is 2. The lowest BCUT2D eigenvalue weighted by Gasteiger charge is -2.30. The molecule has 2 atom stereocenters. The summed E-state index contributed by atoms with van der Waals surface area (Å²) in [7, 11) is -3.69. The number of amides is 1. The summed E-state index contributed by atoms with van der Waals surface area (Å²) in [5, 5.41) is 0. The zero-order valence-corrected chi connectivity index (χ0v) is 18.3. The molecule has 0 aliphatic carbocycles. The molecule has 1 amide bonds. The average Bonchev–Trinajstić information content (AvgIpc) is 2.56. The molecule has 0 radical (unpaired) electrons. The van der Waals surface area contributed by atoms with Crippen LogP contribution in [0, 0.1) is 5.92 Å². The summed E-state index contributed by atoms with van der Waals surface area (Å²) in [5.74, 6) is 0.171. The van der Waals surface area contributed by atoms with Crippen LogP contribution in [0.15, 0.2) is 18.2 Å². The van der Waals surface area contributed by atoms with E-state index in [4.69, 9.17) is 4.74 Å². The summed E-state index contributed by atoms with van der Waals surface area (Å²) < 4.78 is 56.3. The molecular weight excluding hydrogens is 406 g/mol. The number of carbonyl (C=O) groups is 1. The number of hydrogen-bond acceptors (Lipinski definition) is 6. The molecule has 0 saturated heterocycles. The molecule has 0 bridgehead atoms. The first-order valence-electron chi connectivity index (χ1n) is 8.69. The second-order valence-electron chi connectivity index (χ2n) is 7.32. The highest BCUT2D eigenvalue weighted by molar-refractivity contribution is 7.92. The van der Waals surface area contributed by atoms with Gasteiger partial charge in [0.05, 0.1) is 25.5 Å². The molecule has 1 aromatic carbocycles. The predicted octanol–water partition coefficient (Wildman–Crippen LogP) is 0.348. The minimum Gasteiger partial charge on any atom is -0.488 e. The molecular formula is C17H27N3O6S2. The number of sulfonamides is 2. The molecule has 1 heterocycles. The first kappa shape index (κ1) is 22.4. The van der Waals surface area contributed by atoms with Gasteiger partial charge in [-0.3, -0.25) is 9.52 Å². The Morgan fingerprint density at radius 2 is 1.89 bits per heavy atom. The Labute approximate surface area is 166 Å². The third-order valence-electron chi connectivity index (χ3n) is 4.61. The van der Waals surface area contributed by atoms with Gasteiger partial charge in [0, 0.05) is 37.8 Å². The monoisotopic (exact) mass is 433 g/mol. The molecule has 28 heavy (non-hydrogen) atoms. The topological polar surface area (TPSA) is 113 Å². The number of ether oxygens (including phenoxy) is 1. The van der Waals surface area contributed by atoms with Gasteiger partial charge < -0.3 is 9.64 Å². The fourth-order valence-corrected chi connectivity index (χ4v) is 3.92. The fourth-order valence-electron chi connectivity index (χ4n) is 2.94. The van der Waals surface area contributed by atoms with E-state index in [2.05, 4.69) is 4.72 Å². The Morgan fingerprint density at radius 3 is 2.46 bits per heavy atom. The van der Waals surface area contributed by atoms with Crippen molar-refractivity contribution < 1.29 is 26.4 Å². The number of carbonyl (C=O) groups excluding carboxylic acids is 1. The SMILES string of the molecule is C[C@@H]1CN(C)C(=O)Cc2cc(NS(C)(=O)=O)ccc2O[C@@H]1CN(C)S(C)(=O)=O. The van der Waals surface area contributed by atoms with E-state index in [1.807, 2.05) is 6.92 Å². The van der Waals surface area contributed by atoms with Crippen LogP contribution in [0.25, 0.3) is 0 Å². The van der Waals surface area contributed by atoms with Crippen molar-refractivity contribution in [2.75, 3.05) is 44.4 Å². The second kappa shape index (κ2) is 8.26. The zero-order chi connectivity index (χ0) is 21.3. The maximum Gasteiger partial charge on any atom is 0.229 e. The van der Waals surface area contributed by atoms with E-state index >= 15 is 0 Å². The van der Waals surface area contributed by atoms with E-state index in [9.17, 15) is 21.6 Å². The zero-order valence-electron chi connectivity index (χ0n) is 16.7. The lowest BCUT2D eigenvalue weighted by molar-refractivity contribution is -0.129. The van der Waals surface area contributed by atoms with Gasteiger partial charge >= 0.3 is 0 Å². The standard InChI is InChI=1S/C17H27N3O6S2/c1-12-10-19(2)17(21)9-13-8-14(18-27(4,22)23)6-7-15(13)26-16(12)11-20(3)28(5,24)25/h6-8,12,16,18H,9-11H2,1-5H3/t12-,16-/m1/s1. The number of nitrogens with zero attached hydrogens (tertiary/aromatic N) is 2. The van der Waals surface area contributed by atoms with E-state index in [1.165, 1.54) is 11.4 Å². The largest absolute Gasteiger partial charge is 0.488 e. The van der Waals surface area contributed by atoms with E-state index in [0.29, 0.717) is 23.5 Å². The van der Waals surface area contributed by atoms with Crippen molar-refractivity contribution in [1.82, 2.24) is 9.21 Å². The average molecular weight is 434 g/mol. The highest BCUT2D eigenvalue weighted by Crippen LogP contribution is 2.28. The number of anilines is 1. The molecule has 1 aliphatic heterocycles. The van der Waals surface area contributed by atoms with Crippen molar-refractivity contribution in [3.05, 3.63) is 23.8 Å². The van der Waals surface area contributed by atoms with Gasteiger partial charge in [-0.25, -0.2) is 21.1 Å². The van der Waals surface area contributed by atoms with E-state index < -0.39 is 26.2 Å². The molecule has 9 nitrogen and oxygen atoms in total. The molecule has 158 valence electrons. The first-order chi connectivity index (χ1) is 12.8. The molecule has 0 aromatic heterocycles. The minimum atomic E-state index is -3.46. The van der Waals surface area contributed by atoms with Crippen LogP contribution in [-0.4, -0.2) is 77.7 Å². The Morgan fingerprint density at radius 1 is 1.25 bits per heavy atom. The second-order valence-corrected chi connectivity index (χ2v) is 11.2. The van der Waals surface area contributed by atoms with Crippen LogP contribution >= 0.6 is 0 Å². The molecule has 1 aromatic rings. The molecule has 1 N–H and O–H groups in total. The van der Waals surface area contributed by atoms with E-state index in [1.54, 1.807) is 30.1 Å². The molecule has 0 spiro atoms. The summed E-state index contributed by atoms with van der Waals surface area (Å²) in [6.07, 6.45) is 1.73. The number of benzene rings is 1. The van der Waals surface area contributed by atoms with Crippen molar-refractivity contribution in [1.29, 1.82) is 0 Å². The molecule has 2 rings (SSSR count). The summed E-state index contributed by atoms with van der Waals surface area (Å²) in [5.41, 5.74) is 0.865. The van der Waals surface area contributed by atoms with Gasteiger partial charge in [0.2, 0.25) is 26.0 Å². The lowest BCUT2D eigenvalue weighted by atomic mass is 10.0. The van der Waals surface area contributed by atoms with Crippen molar-refractivity contribution in [2.24, 2.45) is 5.92 Å². The van der Waals surface area contributed by atoms with Gasteiger partial charge in [-0.1, -0.05) is 6.92 Å². The van der Waals surface area contributed by atoms with Gasteiger partial charge in [-0.15, -0.1) is 0 Å². The van der Waals surface area contributed by atoms with Crippen LogP contribution in [0.1, 0.15) is 12.5 Å². The predicted molar refractivity (Wildman–Crippen MR) is 107 cm³/mol. The molecule has 11 heteroatoms. The van der Waals surface area contributed by atoms with Crippen molar-refractivity contribution in [3.8, 4) is 5.75 Å². The van der Waals surface area contributed by atoms with Crippen molar-refractivity contribution in [3.63, 3.8) is 0 Å². The van der Waals surface area contributed by atoms with Crippen LogP contribution in [0.5, 0.6) is 5.75 Å².